The van der Waals surface area contributed by atoms with Crippen molar-refractivity contribution in [3.05, 3.63) is 33.4 Å². The molecule has 1 aliphatic rings. The van der Waals surface area contributed by atoms with Crippen LogP contribution in [0.15, 0.2) is 22.8 Å². The van der Waals surface area contributed by atoms with Crippen LogP contribution in [0.5, 0.6) is 0 Å². The number of aromatic amines is 1. The Morgan fingerprint density at radius 1 is 1.27 bits per heavy atom. The number of aromatic nitrogens is 1. The van der Waals surface area contributed by atoms with Crippen molar-refractivity contribution in [2.24, 2.45) is 0 Å². The number of aliphatic hydroxyl groups is 4. The van der Waals surface area contributed by atoms with Gasteiger partial charge in [-0.2, -0.15) is 0 Å². The Labute approximate surface area is 139 Å². The fraction of sp³-hybridized carbons (Fsp3) is 0.429. The quantitative estimate of drug-likeness (QED) is 0.502. The summed E-state index contributed by atoms with van der Waals surface area (Å²) >= 11 is 9.58. The Morgan fingerprint density at radius 2 is 1.95 bits per heavy atom. The minimum Gasteiger partial charge on any atom is -0.388 e. The fourth-order valence-corrected chi connectivity index (χ4v) is 3.38. The summed E-state index contributed by atoms with van der Waals surface area (Å²) in [5.74, 6) is -2.19. The molecule has 0 radical (unpaired) electrons. The van der Waals surface area contributed by atoms with Crippen molar-refractivity contribution in [1.82, 2.24) is 4.98 Å². The lowest BCUT2D eigenvalue weighted by molar-refractivity contribution is -0.350. The summed E-state index contributed by atoms with van der Waals surface area (Å²) in [5, 5.41) is 41.6. The molecule has 120 valence electrons. The van der Waals surface area contributed by atoms with E-state index in [1.54, 1.807) is 12.1 Å². The van der Waals surface area contributed by atoms with Gasteiger partial charge < -0.3 is 30.1 Å². The van der Waals surface area contributed by atoms with E-state index >= 15 is 0 Å². The van der Waals surface area contributed by atoms with Gasteiger partial charge in [0.2, 0.25) is 5.79 Å². The Balaban J connectivity index is 2.19. The molecule has 1 aromatic carbocycles. The first kappa shape index (κ1) is 16.2. The van der Waals surface area contributed by atoms with Crippen LogP contribution < -0.4 is 0 Å². The molecule has 0 bridgehead atoms. The molecule has 0 amide bonds. The third-order valence-corrected chi connectivity index (χ3v) is 5.32. The van der Waals surface area contributed by atoms with E-state index in [2.05, 4.69) is 20.9 Å². The van der Waals surface area contributed by atoms with Crippen molar-refractivity contribution >= 4 is 38.4 Å². The number of ether oxygens (including phenoxy) is 1. The van der Waals surface area contributed by atoms with Gasteiger partial charge in [-0.1, -0.05) is 11.6 Å². The van der Waals surface area contributed by atoms with Gasteiger partial charge in [-0.15, -0.1) is 0 Å². The van der Waals surface area contributed by atoms with Crippen LogP contribution in [-0.2, 0) is 10.5 Å². The van der Waals surface area contributed by atoms with Gasteiger partial charge in [0, 0.05) is 27.1 Å². The molecular weight excluding hydrogens is 378 g/mol. The molecule has 2 heterocycles. The number of H-pyrrole nitrogens is 1. The zero-order valence-corrected chi connectivity index (χ0v) is 13.8. The smallest absolute Gasteiger partial charge is 0.224 e. The van der Waals surface area contributed by atoms with E-state index in [0.717, 1.165) is 0 Å². The zero-order chi connectivity index (χ0) is 16.2. The molecule has 0 spiro atoms. The Kier molecular flexibility index (Phi) is 4.01. The van der Waals surface area contributed by atoms with Crippen LogP contribution in [0.3, 0.4) is 0 Å². The molecular formula is C14H15BrClNO5. The predicted molar refractivity (Wildman–Crippen MR) is 83.5 cm³/mol. The van der Waals surface area contributed by atoms with Gasteiger partial charge in [0.05, 0.1) is 11.1 Å². The fourth-order valence-electron chi connectivity index (χ4n) is 2.78. The lowest BCUT2D eigenvalue weighted by Gasteiger charge is -2.44. The van der Waals surface area contributed by atoms with Crippen molar-refractivity contribution in [1.29, 1.82) is 0 Å². The van der Waals surface area contributed by atoms with E-state index in [0.29, 0.717) is 20.4 Å². The normalized spacial score (nSPS) is 36.0. The first-order valence-corrected chi connectivity index (χ1v) is 7.84. The molecule has 0 aliphatic carbocycles. The van der Waals surface area contributed by atoms with Crippen molar-refractivity contribution in [3.8, 4) is 0 Å². The highest BCUT2D eigenvalue weighted by molar-refractivity contribution is 9.10. The van der Waals surface area contributed by atoms with Crippen molar-refractivity contribution < 1.29 is 25.2 Å². The summed E-state index contributed by atoms with van der Waals surface area (Å²) in [6, 6.07) is 3.50. The molecule has 3 rings (SSSR count). The highest BCUT2D eigenvalue weighted by Gasteiger charge is 2.53. The number of nitrogens with one attached hydrogen (secondary N) is 1. The van der Waals surface area contributed by atoms with E-state index in [9.17, 15) is 20.4 Å². The maximum atomic E-state index is 10.8. The first-order valence-electron chi connectivity index (χ1n) is 6.67. The van der Waals surface area contributed by atoms with Crippen molar-refractivity contribution in [2.75, 3.05) is 0 Å². The molecule has 1 aromatic heterocycles. The summed E-state index contributed by atoms with van der Waals surface area (Å²) in [4.78, 5) is 2.94. The third-order valence-electron chi connectivity index (χ3n) is 4.04. The molecule has 5 N–H and O–H groups in total. The number of rotatable bonds is 1. The van der Waals surface area contributed by atoms with Gasteiger partial charge >= 0.3 is 0 Å². The van der Waals surface area contributed by atoms with Gasteiger partial charge in [-0.3, -0.25) is 0 Å². The summed E-state index contributed by atoms with van der Waals surface area (Å²) < 4.78 is 6.03. The van der Waals surface area contributed by atoms with Crippen LogP contribution in [-0.4, -0.2) is 49.8 Å². The van der Waals surface area contributed by atoms with Gasteiger partial charge in [0.1, 0.15) is 18.3 Å². The van der Waals surface area contributed by atoms with E-state index < -0.39 is 30.2 Å². The molecule has 1 saturated heterocycles. The Hall–Kier alpha value is -0.670. The topological polar surface area (TPSA) is 106 Å². The number of hydrogen-bond donors (Lipinski definition) is 5. The standard InChI is InChI=1S/C14H15BrClNO5/c1-5-11(18)12(19)13(20)14(21,22-5)6-4-17-8-3-2-7(15)10(16)9(6)8/h2-5,11-13,17-21H,1H3/t5-,11+,12+,13-,14+/m1/s1. The van der Waals surface area contributed by atoms with E-state index in [-0.39, 0.29) is 5.56 Å². The van der Waals surface area contributed by atoms with Crippen LogP contribution >= 0.6 is 27.5 Å². The van der Waals surface area contributed by atoms with Crippen LogP contribution in [0.4, 0.5) is 0 Å². The number of halogens is 2. The zero-order valence-electron chi connectivity index (χ0n) is 11.5. The lowest BCUT2D eigenvalue weighted by Crippen LogP contribution is -2.62. The Morgan fingerprint density at radius 3 is 2.64 bits per heavy atom. The Bertz CT molecular complexity index is 723. The van der Waals surface area contributed by atoms with Gasteiger partial charge in [0.25, 0.3) is 0 Å². The highest BCUT2D eigenvalue weighted by atomic mass is 79.9. The molecule has 0 unspecified atom stereocenters. The number of hydrogen-bond acceptors (Lipinski definition) is 5. The molecule has 1 aliphatic heterocycles. The van der Waals surface area contributed by atoms with Crippen LogP contribution in [0.1, 0.15) is 12.5 Å². The molecule has 0 saturated carbocycles. The summed E-state index contributed by atoms with van der Waals surface area (Å²) in [5.41, 5.74) is 0.833. The second kappa shape index (κ2) is 5.45. The van der Waals surface area contributed by atoms with Gasteiger partial charge in [0.15, 0.2) is 0 Å². The lowest BCUT2D eigenvalue weighted by atomic mass is 9.88. The third kappa shape index (κ3) is 2.20. The van der Waals surface area contributed by atoms with Crippen LogP contribution in [0.25, 0.3) is 10.9 Å². The molecule has 2 aromatic rings. The summed E-state index contributed by atoms with van der Waals surface area (Å²) in [7, 11) is 0. The van der Waals surface area contributed by atoms with Crippen molar-refractivity contribution in [2.45, 2.75) is 37.1 Å². The molecule has 1 fully saturated rings. The molecule has 8 heteroatoms. The van der Waals surface area contributed by atoms with E-state index in [4.69, 9.17) is 16.3 Å². The molecule has 22 heavy (non-hydrogen) atoms. The van der Waals surface area contributed by atoms with Crippen LogP contribution in [0.2, 0.25) is 5.02 Å². The van der Waals surface area contributed by atoms with Gasteiger partial charge in [-0.05, 0) is 35.0 Å². The molecule has 5 atom stereocenters. The minimum absolute atomic E-state index is 0.194. The second-order valence-electron chi connectivity index (χ2n) is 5.43. The van der Waals surface area contributed by atoms with E-state index in [1.807, 2.05) is 0 Å². The molecule has 6 nitrogen and oxygen atoms in total. The average molecular weight is 393 g/mol. The predicted octanol–water partition coefficient (Wildman–Crippen LogP) is 1.23. The van der Waals surface area contributed by atoms with Crippen molar-refractivity contribution in [3.63, 3.8) is 0 Å². The first-order chi connectivity index (χ1) is 10.3. The maximum Gasteiger partial charge on any atom is 0.224 e. The highest BCUT2D eigenvalue weighted by Crippen LogP contribution is 2.42. The monoisotopic (exact) mass is 391 g/mol. The number of benzene rings is 1. The van der Waals surface area contributed by atoms with Gasteiger partial charge in [-0.25, -0.2) is 0 Å². The summed E-state index contributed by atoms with van der Waals surface area (Å²) in [6.07, 6.45) is -4.00. The minimum atomic E-state index is -2.19. The number of fused-ring (bicyclic) bond motifs is 1. The second-order valence-corrected chi connectivity index (χ2v) is 6.66. The maximum absolute atomic E-state index is 10.8. The van der Waals surface area contributed by atoms with Crippen LogP contribution in [0, 0.1) is 0 Å². The SMILES string of the molecule is C[C@H]1O[C@@](O)(c2c[nH]c3ccc(Br)c(Cl)c23)[C@H](O)[C@@H](O)[C@H]1O. The largest absolute Gasteiger partial charge is 0.388 e. The number of aliphatic hydroxyl groups excluding tert-OH is 3. The van der Waals surface area contributed by atoms with E-state index in [1.165, 1.54) is 13.1 Å². The average Bonchev–Trinajstić information content (AvgIpc) is 2.92. The summed E-state index contributed by atoms with van der Waals surface area (Å²) in [6.45, 7) is 1.50.